The third-order valence-corrected chi connectivity index (χ3v) is 2.52. The van der Waals surface area contributed by atoms with Crippen molar-refractivity contribution in [2.45, 2.75) is 6.92 Å². The van der Waals surface area contributed by atoms with Crippen LogP contribution < -0.4 is 5.69 Å². The molecule has 0 spiro atoms. The molecule has 0 saturated heterocycles. The topological polar surface area (TPSA) is 50.2 Å². The summed E-state index contributed by atoms with van der Waals surface area (Å²) in [6, 6.07) is 6.11. The Bertz CT molecular complexity index is 757. The van der Waals surface area contributed by atoms with E-state index in [1.54, 1.807) is 12.1 Å². The van der Waals surface area contributed by atoms with Gasteiger partial charge in [0.2, 0.25) is 0 Å². The Hall–Kier alpha value is -2.17. The van der Waals surface area contributed by atoms with Gasteiger partial charge in [-0.2, -0.15) is 9.61 Å². The highest BCUT2D eigenvalue weighted by Crippen LogP contribution is 2.17. The summed E-state index contributed by atoms with van der Waals surface area (Å²) in [5, 5.41) is 4.84. The Morgan fingerprint density at radius 1 is 1.38 bits per heavy atom. The fraction of sp³-hybridized carbons (Fsp3) is 0.0909. The van der Waals surface area contributed by atoms with Crippen molar-refractivity contribution in [2.24, 2.45) is 0 Å². The minimum atomic E-state index is -0.372. The molecule has 0 saturated carbocycles. The minimum absolute atomic E-state index is 0.360. The number of nitrogens with zero attached hydrogens (tertiary/aromatic N) is 2. The molecule has 0 aliphatic carbocycles. The number of hydrogen-bond acceptors (Lipinski definition) is 2. The molecule has 3 aromatic rings. The SMILES string of the molecule is Cc1cc2c3ccc(F)cc3[nH]c(=O)n2n1. The van der Waals surface area contributed by atoms with Gasteiger partial charge in [-0.3, -0.25) is 0 Å². The quantitative estimate of drug-likeness (QED) is 0.622. The number of benzene rings is 1. The number of aromatic amines is 1. The molecular weight excluding hydrogens is 209 g/mol. The van der Waals surface area contributed by atoms with E-state index in [4.69, 9.17) is 0 Å². The van der Waals surface area contributed by atoms with Crippen molar-refractivity contribution in [2.75, 3.05) is 0 Å². The standard InChI is InChI=1S/C11H8FN3O/c1-6-4-10-8-3-2-7(12)5-9(8)13-11(16)15(10)14-6/h2-5H,1H3,(H,13,16). The zero-order valence-electron chi connectivity index (χ0n) is 8.49. The second-order valence-corrected chi connectivity index (χ2v) is 3.70. The molecule has 0 amide bonds. The van der Waals surface area contributed by atoms with Crippen molar-refractivity contribution in [1.82, 2.24) is 14.6 Å². The highest BCUT2D eigenvalue weighted by molar-refractivity contribution is 5.93. The van der Waals surface area contributed by atoms with E-state index in [9.17, 15) is 9.18 Å². The monoisotopic (exact) mass is 217 g/mol. The van der Waals surface area contributed by atoms with Gasteiger partial charge in [-0.15, -0.1) is 0 Å². The summed E-state index contributed by atoms with van der Waals surface area (Å²) in [5.74, 6) is -0.372. The summed E-state index contributed by atoms with van der Waals surface area (Å²) in [6.45, 7) is 1.81. The molecule has 4 nitrogen and oxygen atoms in total. The predicted molar refractivity (Wildman–Crippen MR) is 58.0 cm³/mol. The molecule has 1 N–H and O–H groups in total. The maximum absolute atomic E-state index is 13.0. The molecule has 0 unspecified atom stereocenters. The molecule has 16 heavy (non-hydrogen) atoms. The minimum Gasteiger partial charge on any atom is -0.305 e. The van der Waals surface area contributed by atoms with E-state index in [0.29, 0.717) is 11.0 Å². The molecule has 2 aromatic heterocycles. The molecule has 0 bridgehead atoms. The average Bonchev–Trinajstić information content (AvgIpc) is 2.60. The van der Waals surface area contributed by atoms with Gasteiger partial charge in [-0.1, -0.05) is 0 Å². The maximum Gasteiger partial charge on any atom is 0.347 e. The van der Waals surface area contributed by atoms with Crippen LogP contribution in [0.3, 0.4) is 0 Å². The Morgan fingerprint density at radius 2 is 2.19 bits per heavy atom. The summed E-state index contributed by atoms with van der Waals surface area (Å²) >= 11 is 0. The Kier molecular flexibility index (Phi) is 1.65. The van der Waals surface area contributed by atoms with E-state index >= 15 is 0 Å². The number of halogens is 1. The van der Waals surface area contributed by atoms with Gasteiger partial charge in [-0.05, 0) is 31.2 Å². The van der Waals surface area contributed by atoms with Crippen LogP contribution in [-0.2, 0) is 0 Å². The van der Waals surface area contributed by atoms with Gasteiger partial charge in [0.1, 0.15) is 5.82 Å². The number of H-pyrrole nitrogens is 1. The van der Waals surface area contributed by atoms with Gasteiger partial charge in [0.25, 0.3) is 0 Å². The molecule has 0 aliphatic heterocycles. The Labute approximate surface area is 89.3 Å². The van der Waals surface area contributed by atoms with Crippen LogP contribution in [0.25, 0.3) is 16.4 Å². The van der Waals surface area contributed by atoms with Crippen LogP contribution in [-0.4, -0.2) is 14.6 Å². The molecule has 2 heterocycles. The second kappa shape index (κ2) is 2.91. The van der Waals surface area contributed by atoms with E-state index in [1.165, 1.54) is 16.6 Å². The lowest BCUT2D eigenvalue weighted by atomic mass is 10.2. The van der Waals surface area contributed by atoms with Crippen molar-refractivity contribution in [3.8, 4) is 0 Å². The zero-order valence-corrected chi connectivity index (χ0v) is 8.49. The Balaban J connectivity index is 2.63. The highest BCUT2D eigenvalue weighted by Gasteiger charge is 2.07. The fourth-order valence-electron chi connectivity index (χ4n) is 1.86. The second-order valence-electron chi connectivity index (χ2n) is 3.70. The van der Waals surface area contributed by atoms with Crippen LogP contribution in [0, 0.1) is 12.7 Å². The van der Waals surface area contributed by atoms with Crippen LogP contribution in [0.4, 0.5) is 4.39 Å². The molecule has 0 aliphatic rings. The smallest absolute Gasteiger partial charge is 0.305 e. The van der Waals surface area contributed by atoms with Crippen molar-refractivity contribution >= 4 is 16.4 Å². The summed E-state index contributed by atoms with van der Waals surface area (Å²) in [5.41, 5.74) is 1.57. The number of fused-ring (bicyclic) bond motifs is 3. The molecule has 0 atom stereocenters. The lowest BCUT2D eigenvalue weighted by Crippen LogP contribution is -2.17. The zero-order chi connectivity index (χ0) is 11.3. The molecule has 80 valence electrons. The van der Waals surface area contributed by atoms with Crippen LogP contribution in [0.1, 0.15) is 5.69 Å². The first kappa shape index (κ1) is 9.08. The van der Waals surface area contributed by atoms with Gasteiger partial charge in [0.05, 0.1) is 16.7 Å². The molecule has 5 heteroatoms. The van der Waals surface area contributed by atoms with E-state index in [-0.39, 0.29) is 11.5 Å². The third kappa shape index (κ3) is 1.14. The molecular formula is C11H8FN3O. The normalized spacial score (nSPS) is 11.4. The third-order valence-electron chi connectivity index (χ3n) is 2.52. The first-order valence-electron chi connectivity index (χ1n) is 4.83. The van der Waals surface area contributed by atoms with Crippen molar-refractivity contribution < 1.29 is 4.39 Å². The van der Waals surface area contributed by atoms with Gasteiger partial charge in [0.15, 0.2) is 0 Å². The van der Waals surface area contributed by atoms with Gasteiger partial charge in [-0.25, -0.2) is 9.18 Å². The predicted octanol–water partition coefficient (Wildman–Crippen LogP) is 1.62. The van der Waals surface area contributed by atoms with Crippen molar-refractivity contribution in [3.63, 3.8) is 0 Å². The van der Waals surface area contributed by atoms with E-state index in [0.717, 1.165) is 11.1 Å². The number of hydrogen-bond donors (Lipinski definition) is 1. The maximum atomic E-state index is 13.0. The molecule has 1 aromatic carbocycles. The number of nitrogens with one attached hydrogen (secondary N) is 1. The van der Waals surface area contributed by atoms with E-state index in [2.05, 4.69) is 10.1 Å². The lowest BCUT2D eigenvalue weighted by Gasteiger charge is -1.99. The molecule has 0 radical (unpaired) electrons. The number of rotatable bonds is 0. The summed E-state index contributed by atoms with van der Waals surface area (Å²) in [7, 11) is 0. The van der Waals surface area contributed by atoms with Crippen LogP contribution >= 0.6 is 0 Å². The highest BCUT2D eigenvalue weighted by atomic mass is 19.1. The summed E-state index contributed by atoms with van der Waals surface area (Å²) in [6.07, 6.45) is 0. The van der Waals surface area contributed by atoms with Crippen LogP contribution in [0.5, 0.6) is 0 Å². The number of aromatic nitrogens is 3. The number of aryl methyl sites for hydroxylation is 1. The van der Waals surface area contributed by atoms with E-state index < -0.39 is 0 Å². The van der Waals surface area contributed by atoms with Gasteiger partial charge < -0.3 is 4.98 Å². The summed E-state index contributed by atoms with van der Waals surface area (Å²) in [4.78, 5) is 14.2. The Morgan fingerprint density at radius 3 is 3.00 bits per heavy atom. The van der Waals surface area contributed by atoms with Gasteiger partial charge in [0, 0.05) is 5.39 Å². The van der Waals surface area contributed by atoms with Crippen molar-refractivity contribution in [3.05, 3.63) is 46.3 Å². The van der Waals surface area contributed by atoms with Crippen LogP contribution in [0.2, 0.25) is 0 Å². The first-order valence-corrected chi connectivity index (χ1v) is 4.83. The average molecular weight is 217 g/mol. The van der Waals surface area contributed by atoms with Crippen LogP contribution in [0.15, 0.2) is 29.1 Å². The fourth-order valence-corrected chi connectivity index (χ4v) is 1.86. The largest absolute Gasteiger partial charge is 0.347 e. The molecule has 0 fully saturated rings. The van der Waals surface area contributed by atoms with E-state index in [1.807, 2.05) is 6.92 Å². The van der Waals surface area contributed by atoms with Gasteiger partial charge >= 0.3 is 5.69 Å². The van der Waals surface area contributed by atoms with Crippen molar-refractivity contribution in [1.29, 1.82) is 0 Å². The first-order chi connectivity index (χ1) is 7.65. The summed E-state index contributed by atoms with van der Waals surface area (Å²) < 4.78 is 14.3. The molecule has 3 rings (SSSR count). The lowest BCUT2D eigenvalue weighted by molar-refractivity contribution is 0.629.